The number of nitrogens with zero attached hydrogens (tertiary/aromatic N) is 2. The van der Waals surface area contributed by atoms with Gasteiger partial charge in [0.15, 0.2) is 0 Å². The van der Waals surface area contributed by atoms with E-state index in [1.807, 2.05) is 43.0 Å². The third-order valence-electron chi connectivity index (χ3n) is 2.79. The van der Waals surface area contributed by atoms with E-state index in [4.69, 9.17) is 0 Å². The summed E-state index contributed by atoms with van der Waals surface area (Å²) in [6, 6.07) is 12.5. The van der Waals surface area contributed by atoms with Gasteiger partial charge in [-0.3, -0.25) is 10.3 Å². The fourth-order valence-corrected chi connectivity index (χ4v) is 1.86. The highest BCUT2D eigenvalue weighted by Gasteiger charge is 2.03. The van der Waals surface area contributed by atoms with E-state index in [9.17, 15) is 0 Å². The van der Waals surface area contributed by atoms with Gasteiger partial charge in [0.2, 0.25) is 0 Å². The molecule has 0 amide bonds. The second kappa shape index (κ2) is 4.26. The zero-order valence-corrected chi connectivity index (χ0v) is 9.25. The molecule has 0 saturated heterocycles. The van der Waals surface area contributed by atoms with E-state index in [1.54, 1.807) is 0 Å². The van der Waals surface area contributed by atoms with Crippen LogP contribution in [-0.2, 0) is 0 Å². The number of hydrogen-bond donors (Lipinski definition) is 0. The third kappa shape index (κ3) is 1.97. The lowest BCUT2D eigenvalue weighted by molar-refractivity contribution is 1.21. The molecule has 0 saturated carbocycles. The van der Waals surface area contributed by atoms with E-state index in [0.29, 0.717) is 0 Å². The van der Waals surface area contributed by atoms with Crippen LogP contribution in [0.1, 0.15) is 5.56 Å². The molecule has 2 aromatic rings. The van der Waals surface area contributed by atoms with E-state index in [-0.39, 0.29) is 0 Å². The lowest BCUT2D eigenvalue weighted by atomic mass is 10.0. The van der Waals surface area contributed by atoms with Gasteiger partial charge in [-0.05, 0) is 34.9 Å². The summed E-state index contributed by atoms with van der Waals surface area (Å²) in [6.45, 7) is 0. The van der Waals surface area contributed by atoms with Crippen LogP contribution in [0.4, 0.5) is 0 Å². The first-order valence-corrected chi connectivity index (χ1v) is 5.51. The number of allylic oxidation sites excluding steroid dienone is 2. The van der Waals surface area contributed by atoms with Crippen molar-refractivity contribution in [1.82, 2.24) is 10.3 Å². The smallest absolute Gasteiger partial charge is 0.0346 e. The van der Waals surface area contributed by atoms with Crippen LogP contribution in [0.25, 0.3) is 16.7 Å². The summed E-state index contributed by atoms with van der Waals surface area (Å²) in [5.41, 5.74) is 4.74. The van der Waals surface area contributed by atoms with Crippen LogP contribution < -0.4 is 5.32 Å². The average Bonchev–Trinajstić information content (AvgIpc) is 2.94. The lowest BCUT2D eigenvalue weighted by Crippen LogP contribution is -1.82. The molecule has 2 heteroatoms. The molecule has 0 aliphatic carbocycles. The second-order valence-corrected chi connectivity index (χ2v) is 3.86. The van der Waals surface area contributed by atoms with Crippen molar-refractivity contribution in [1.29, 1.82) is 0 Å². The Bertz CT molecular complexity index is 566. The van der Waals surface area contributed by atoms with Crippen LogP contribution in [0.3, 0.4) is 0 Å². The first kappa shape index (κ1) is 9.85. The fraction of sp³-hybridized carbons (Fsp3) is 0. The Balaban J connectivity index is 1.93. The number of hydrogen-bond acceptors (Lipinski definition) is 1. The predicted molar refractivity (Wildman–Crippen MR) is 68.9 cm³/mol. The van der Waals surface area contributed by atoms with E-state index < -0.39 is 0 Å². The Morgan fingerprint density at radius 1 is 0.706 bits per heavy atom. The summed E-state index contributed by atoms with van der Waals surface area (Å²) in [5.74, 6) is 0. The van der Waals surface area contributed by atoms with E-state index in [2.05, 4.69) is 34.6 Å². The molecule has 81 valence electrons. The Labute approximate surface area is 100 Å². The summed E-state index contributed by atoms with van der Waals surface area (Å²) in [6.07, 6.45) is 9.32. The van der Waals surface area contributed by atoms with Gasteiger partial charge < -0.3 is 0 Å². The van der Waals surface area contributed by atoms with Crippen LogP contribution in [0.15, 0.2) is 67.3 Å². The molecule has 2 nitrogen and oxygen atoms in total. The monoisotopic (exact) mass is 219 g/mol. The summed E-state index contributed by atoms with van der Waals surface area (Å²) in [7, 11) is 0. The van der Waals surface area contributed by atoms with Crippen LogP contribution in [0.5, 0.6) is 0 Å². The highest BCUT2D eigenvalue weighted by molar-refractivity contribution is 5.77. The number of benzene rings is 1. The number of pyridine rings is 1. The first-order valence-electron chi connectivity index (χ1n) is 5.51. The normalized spacial score (nSPS) is 13.3. The highest BCUT2D eigenvalue weighted by atomic mass is 14.8. The molecule has 1 aromatic carbocycles. The van der Waals surface area contributed by atoms with Crippen LogP contribution >= 0.6 is 0 Å². The Kier molecular flexibility index (Phi) is 2.47. The third-order valence-corrected chi connectivity index (χ3v) is 2.79. The molecule has 0 atom stereocenters. The number of aromatic nitrogens is 1. The average molecular weight is 219 g/mol. The molecule has 2 heterocycles. The van der Waals surface area contributed by atoms with E-state index in [1.165, 1.54) is 16.7 Å². The largest absolute Gasteiger partial charge is 0.265 e. The Hall–Kier alpha value is -2.35. The number of rotatable bonds is 2. The first-order chi connectivity index (χ1) is 8.43. The predicted octanol–water partition coefficient (Wildman–Crippen LogP) is 3.22. The molecule has 3 rings (SSSR count). The summed E-state index contributed by atoms with van der Waals surface area (Å²) in [4.78, 5) is 4.02. The van der Waals surface area contributed by atoms with Gasteiger partial charge in [0.25, 0.3) is 0 Å². The van der Waals surface area contributed by atoms with E-state index >= 15 is 0 Å². The van der Waals surface area contributed by atoms with Crippen LogP contribution in [-0.4, -0.2) is 4.98 Å². The van der Waals surface area contributed by atoms with Gasteiger partial charge in [-0.25, -0.2) is 0 Å². The Morgan fingerprint density at radius 2 is 1.35 bits per heavy atom. The van der Waals surface area contributed by atoms with Crippen LogP contribution in [0, 0.1) is 0 Å². The van der Waals surface area contributed by atoms with Gasteiger partial charge >= 0.3 is 0 Å². The zero-order chi connectivity index (χ0) is 11.5. The zero-order valence-electron chi connectivity index (χ0n) is 9.25. The molecule has 0 N–H and O–H groups in total. The summed E-state index contributed by atoms with van der Waals surface area (Å²) < 4.78 is 0. The molecule has 17 heavy (non-hydrogen) atoms. The molecule has 0 bridgehead atoms. The van der Waals surface area contributed by atoms with Gasteiger partial charge in [0.05, 0.1) is 0 Å². The van der Waals surface area contributed by atoms with Crippen molar-refractivity contribution in [2.45, 2.75) is 0 Å². The maximum atomic E-state index is 4.07. The van der Waals surface area contributed by atoms with Crippen molar-refractivity contribution >= 4 is 5.57 Å². The minimum absolute atomic E-state index is 1.16. The van der Waals surface area contributed by atoms with E-state index in [0.717, 1.165) is 5.57 Å². The van der Waals surface area contributed by atoms with Crippen molar-refractivity contribution in [3.05, 3.63) is 72.8 Å². The van der Waals surface area contributed by atoms with Crippen molar-refractivity contribution in [2.75, 3.05) is 0 Å². The molecule has 1 aliphatic rings. The van der Waals surface area contributed by atoms with Crippen molar-refractivity contribution in [3.8, 4) is 11.1 Å². The highest BCUT2D eigenvalue weighted by Crippen LogP contribution is 2.23. The molecule has 0 fully saturated rings. The topological polar surface area (TPSA) is 27.0 Å². The van der Waals surface area contributed by atoms with Gasteiger partial charge in [-0.2, -0.15) is 0 Å². The Morgan fingerprint density at radius 3 is 2.00 bits per heavy atom. The van der Waals surface area contributed by atoms with Gasteiger partial charge in [-0.1, -0.05) is 24.3 Å². The molecule has 0 spiro atoms. The molecule has 0 unspecified atom stereocenters. The maximum absolute atomic E-state index is 4.07. The fourth-order valence-electron chi connectivity index (χ4n) is 1.86. The SMILES string of the molecule is C1=CC(c2ccc(-c3ccncc3)cc2)=C[N]1. The molecule has 1 aromatic heterocycles. The lowest BCUT2D eigenvalue weighted by Gasteiger charge is -2.03. The molecule has 1 radical (unpaired) electrons. The quantitative estimate of drug-likeness (QED) is 0.761. The van der Waals surface area contributed by atoms with Gasteiger partial charge in [-0.15, -0.1) is 0 Å². The van der Waals surface area contributed by atoms with Crippen molar-refractivity contribution in [2.24, 2.45) is 0 Å². The van der Waals surface area contributed by atoms with Crippen molar-refractivity contribution < 1.29 is 0 Å². The van der Waals surface area contributed by atoms with Crippen LogP contribution in [0.2, 0.25) is 0 Å². The summed E-state index contributed by atoms with van der Waals surface area (Å²) >= 11 is 0. The molecule has 1 aliphatic heterocycles. The van der Waals surface area contributed by atoms with Gasteiger partial charge in [0, 0.05) is 30.4 Å². The van der Waals surface area contributed by atoms with Crippen molar-refractivity contribution in [3.63, 3.8) is 0 Å². The molecular formula is C15H11N2. The van der Waals surface area contributed by atoms with Gasteiger partial charge in [0.1, 0.15) is 0 Å². The second-order valence-electron chi connectivity index (χ2n) is 3.86. The maximum Gasteiger partial charge on any atom is 0.0346 e. The minimum atomic E-state index is 1.16. The summed E-state index contributed by atoms with van der Waals surface area (Å²) in [5, 5.41) is 4.07. The minimum Gasteiger partial charge on any atom is -0.265 e. The molecular weight excluding hydrogens is 208 g/mol. The standard InChI is InChI=1S/C15H11N2/c1-3-13(15-7-10-17-11-15)4-2-12(1)14-5-8-16-9-6-14/h1-11H.